The summed E-state index contributed by atoms with van der Waals surface area (Å²) in [7, 11) is 0. The van der Waals surface area contributed by atoms with Crippen LogP contribution in [-0.4, -0.2) is 25.8 Å². The number of hydrogen-bond donors (Lipinski definition) is 1. The van der Waals surface area contributed by atoms with Gasteiger partial charge in [0.05, 0.1) is 0 Å². The molecular formula is C14H14ClN3O2. The maximum atomic E-state index is 11.4. The van der Waals surface area contributed by atoms with E-state index < -0.39 is 12.0 Å². The van der Waals surface area contributed by atoms with Crippen LogP contribution in [0.5, 0.6) is 0 Å². The first-order valence-corrected chi connectivity index (χ1v) is 6.93. The minimum absolute atomic E-state index is 0.496. The van der Waals surface area contributed by atoms with Gasteiger partial charge in [-0.2, -0.15) is 0 Å². The molecule has 5 nitrogen and oxygen atoms in total. The molecule has 1 unspecified atom stereocenters. The average molecular weight is 292 g/mol. The summed E-state index contributed by atoms with van der Waals surface area (Å²) in [6.07, 6.45) is 2.73. The Morgan fingerprint density at radius 3 is 2.95 bits per heavy atom. The van der Waals surface area contributed by atoms with Crippen molar-refractivity contribution >= 4 is 17.6 Å². The van der Waals surface area contributed by atoms with Crippen LogP contribution in [0.25, 0.3) is 0 Å². The number of carbonyl (C=O) groups is 1. The molecule has 0 saturated carbocycles. The second-order valence-corrected chi connectivity index (χ2v) is 5.32. The van der Waals surface area contributed by atoms with Gasteiger partial charge in [-0.1, -0.05) is 29.8 Å². The third-order valence-corrected chi connectivity index (χ3v) is 3.99. The van der Waals surface area contributed by atoms with Gasteiger partial charge in [-0.25, -0.2) is 4.79 Å². The number of nitrogens with zero attached hydrogens (tertiary/aromatic N) is 3. The number of rotatable bonds is 3. The number of fused-ring (bicyclic) bond motifs is 1. The van der Waals surface area contributed by atoms with Gasteiger partial charge in [-0.15, -0.1) is 10.2 Å². The van der Waals surface area contributed by atoms with Crippen LogP contribution in [0, 0.1) is 0 Å². The molecule has 0 fully saturated rings. The van der Waals surface area contributed by atoms with E-state index in [9.17, 15) is 9.90 Å². The zero-order valence-electron chi connectivity index (χ0n) is 10.8. The van der Waals surface area contributed by atoms with E-state index in [1.807, 2.05) is 24.3 Å². The van der Waals surface area contributed by atoms with Gasteiger partial charge in [0, 0.05) is 17.9 Å². The summed E-state index contributed by atoms with van der Waals surface area (Å²) in [5.74, 6) is 0.595. The normalized spacial score (nSPS) is 17.8. The Bertz CT molecular complexity index is 654. The number of carboxylic acid groups (broad SMARTS) is 1. The molecule has 0 aliphatic carbocycles. The molecule has 0 radical (unpaired) electrons. The molecule has 0 saturated heterocycles. The zero-order valence-corrected chi connectivity index (χ0v) is 11.5. The summed E-state index contributed by atoms with van der Waals surface area (Å²) in [6.45, 7) is 0. The van der Waals surface area contributed by atoms with Gasteiger partial charge >= 0.3 is 5.97 Å². The Kier molecular flexibility index (Phi) is 3.44. The molecule has 2 aromatic rings. The lowest BCUT2D eigenvalue weighted by Crippen LogP contribution is -2.26. The smallest absolute Gasteiger partial charge is 0.326 e. The van der Waals surface area contributed by atoms with E-state index in [0.29, 0.717) is 23.7 Å². The minimum atomic E-state index is -0.828. The maximum Gasteiger partial charge on any atom is 0.326 e. The van der Waals surface area contributed by atoms with Crippen LogP contribution in [0.4, 0.5) is 0 Å². The van der Waals surface area contributed by atoms with Crippen molar-refractivity contribution in [1.82, 2.24) is 14.8 Å². The number of aryl methyl sites for hydroxylation is 1. The van der Waals surface area contributed by atoms with Gasteiger partial charge in [0.15, 0.2) is 0 Å². The molecule has 1 aromatic carbocycles. The fourth-order valence-electron chi connectivity index (χ4n) is 2.64. The molecule has 2 heterocycles. The Labute approximate surface area is 121 Å². The molecular weight excluding hydrogens is 278 g/mol. The molecule has 3 rings (SSSR count). The van der Waals surface area contributed by atoms with E-state index in [2.05, 4.69) is 10.2 Å². The van der Waals surface area contributed by atoms with E-state index >= 15 is 0 Å². The summed E-state index contributed by atoms with van der Waals surface area (Å²) >= 11 is 6.15. The maximum absolute atomic E-state index is 11.4. The standard InChI is InChI=1S/C14H14ClN3O2/c15-10-5-2-1-4-9(10)8-13-17-16-12-7-3-6-11(14(19)20)18(12)13/h1-2,4-5,11H,3,6-8H2,(H,19,20). The third-order valence-electron chi connectivity index (χ3n) is 3.62. The lowest BCUT2D eigenvalue weighted by atomic mass is 10.0. The van der Waals surface area contributed by atoms with Gasteiger partial charge in [0.2, 0.25) is 0 Å². The molecule has 104 valence electrons. The molecule has 20 heavy (non-hydrogen) atoms. The number of benzene rings is 1. The lowest BCUT2D eigenvalue weighted by molar-refractivity contribution is -0.141. The molecule has 1 N–H and O–H groups in total. The number of halogens is 1. The molecule has 0 bridgehead atoms. The highest BCUT2D eigenvalue weighted by molar-refractivity contribution is 6.31. The second-order valence-electron chi connectivity index (χ2n) is 4.92. The van der Waals surface area contributed by atoms with E-state index in [-0.39, 0.29) is 0 Å². The van der Waals surface area contributed by atoms with Crippen LogP contribution in [0.2, 0.25) is 5.02 Å². The first-order valence-electron chi connectivity index (χ1n) is 6.55. The highest BCUT2D eigenvalue weighted by Crippen LogP contribution is 2.27. The van der Waals surface area contributed by atoms with Gasteiger partial charge in [-0.3, -0.25) is 0 Å². The van der Waals surface area contributed by atoms with Crippen LogP contribution in [0.1, 0.15) is 36.1 Å². The van der Waals surface area contributed by atoms with Crippen LogP contribution < -0.4 is 0 Å². The predicted octanol–water partition coefficient (Wildman–Crippen LogP) is 2.48. The Hall–Kier alpha value is -1.88. The van der Waals surface area contributed by atoms with Crippen molar-refractivity contribution in [3.63, 3.8) is 0 Å². The Morgan fingerprint density at radius 1 is 1.40 bits per heavy atom. The molecule has 1 aromatic heterocycles. The highest BCUT2D eigenvalue weighted by Gasteiger charge is 2.29. The monoisotopic (exact) mass is 291 g/mol. The molecule has 0 spiro atoms. The largest absolute Gasteiger partial charge is 0.480 e. The molecule has 6 heteroatoms. The quantitative estimate of drug-likeness (QED) is 0.943. The van der Waals surface area contributed by atoms with Crippen LogP contribution in [0.15, 0.2) is 24.3 Å². The number of aliphatic carboxylic acids is 1. The zero-order chi connectivity index (χ0) is 14.1. The van der Waals surface area contributed by atoms with Crippen molar-refractivity contribution in [3.8, 4) is 0 Å². The lowest BCUT2D eigenvalue weighted by Gasteiger charge is -2.22. The second kappa shape index (κ2) is 5.25. The Morgan fingerprint density at radius 2 is 2.20 bits per heavy atom. The van der Waals surface area contributed by atoms with Crippen molar-refractivity contribution in [2.45, 2.75) is 31.7 Å². The summed E-state index contributed by atoms with van der Waals surface area (Å²) in [4.78, 5) is 11.4. The van der Waals surface area contributed by atoms with Crippen LogP contribution in [-0.2, 0) is 17.6 Å². The summed E-state index contributed by atoms with van der Waals surface area (Å²) in [6, 6.07) is 6.95. The summed E-state index contributed by atoms with van der Waals surface area (Å²) < 4.78 is 1.76. The predicted molar refractivity (Wildman–Crippen MR) is 73.9 cm³/mol. The van der Waals surface area contributed by atoms with Crippen molar-refractivity contribution in [2.75, 3.05) is 0 Å². The van der Waals surface area contributed by atoms with Crippen molar-refractivity contribution in [2.24, 2.45) is 0 Å². The summed E-state index contributed by atoms with van der Waals surface area (Å²) in [5.41, 5.74) is 0.930. The molecule has 1 atom stereocenters. The van der Waals surface area contributed by atoms with E-state index in [1.165, 1.54) is 0 Å². The van der Waals surface area contributed by atoms with Crippen LogP contribution >= 0.6 is 11.6 Å². The van der Waals surface area contributed by atoms with E-state index in [1.54, 1.807) is 4.57 Å². The van der Waals surface area contributed by atoms with E-state index in [0.717, 1.165) is 24.2 Å². The average Bonchev–Trinajstić information content (AvgIpc) is 2.84. The van der Waals surface area contributed by atoms with Crippen molar-refractivity contribution in [1.29, 1.82) is 0 Å². The number of carboxylic acids is 1. The fourth-order valence-corrected chi connectivity index (χ4v) is 2.84. The molecule has 1 aliphatic rings. The molecule has 0 amide bonds. The van der Waals surface area contributed by atoms with Gasteiger partial charge in [0.1, 0.15) is 17.7 Å². The van der Waals surface area contributed by atoms with Crippen molar-refractivity contribution < 1.29 is 9.90 Å². The van der Waals surface area contributed by atoms with Crippen molar-refractivity contribution in [3.05, 3.63) is 46.5 Å². The summed E-state index contributed by atoms with van der Waals surface area (Å²) in [5, 5.41) is 18.3. The number of aromatic nitrogens is 3. The highest BCUT2D eigenvalue weighted by atomic mass is 35.5. The van der Waals surface area contributed by atoms with E-state index in [4.69, 9.17) is 11.6 Å². The third kappa shape index (κ3) is 2.29. The van der Waals surface area contributed by atoms with Gasteiger partial charge < -0.3 is 9.67 Å². The van der Waals surface area contributed by atoms with Gasteiger partial charge in [-0.05, 0) is 24.5 Å². The van der Waals surface area contributed by atoms with Crippen LogP contribution in [0.3, 0.4) is 0 Å². The topological polar surface area (TPSA) is 68.0 Å². The number of hydrogen-bond acceptors (Lipinski definition) is 3. The SMILES string of the molecule is O=C(O)C1CCCc2nnc(Cc3ccccc3Cl)n21. The first kappa shape index (κ1) is 13.1. The minimum Gasteiger partial charge on any atom is -0.480 e. The Balaban J connectivity index is 1.98. The van der Waals surface area contributed by atoms with Gasteiger partial charge in [0.25, 0.3) is 0 Å². The first-order chi connectivity index (χ1) is 9.66. The molecule has 1 aliphatic heterocycles. The fraction of sp³-hybridized carbons (Fsp3) is 0.357.